The second-order valence-corrected chi connectivity index (χ2v) is 9.06. The number of carbonyl (C=O) groups excluding carboxylic acids is 2. The predicted molar refractivity (Wildman–Crippen MR) is 138 cm³/mol. The molecule has 0 saturated carbocycles. The van der Waals surface area contributed by atoms with Gasteiger partial charge in [-0.05, 0) is 42.0 Å². The number of ketones is 1. The molecule has 3 aromatic carbocycles. The Morgan fingerprint density at radius 3 is 2.38 bits per heavy atom. The van der Waals surface area contributed by atoms with Gasteiger partial charge in [-0.15, -0.1) is 13.2 Å². The highest BCUT2D eigenvalue weighted by atomic mass is 35.5. The number of ether oxygens (including phenoxy) is 3. The number of alkyl halides is 3. The number of Topliss-reactive ketones (excluding diaryl/α,β-unsaturated/α-hetero) is 1. The summed E-state index contributed by atoms with van der Waals surface area (Å²) >= 11 is 6.13. The van der Waals surface area contributed by atoms with E-state index in [4.69, 9.17) is 25.5 Å². The van der Waals surface area contributed by atoms with E-state index in [-0.39, 0.29) is 28.4 Å². The first-order valence-corrected chi connectivity index (χ1v) is 12.0. The third-order valence-electron chi connectivity index (χ3n) is 6.20. The lowest BCUT2D eigenvalue weighted by Crippen LogP contribution is -2.31. The lowest BCUT2D eigenvalue weighted by molar-refractivity contribution is -0.274. The molecule has 1 aromatic heterocycles. The molecular weight excluding hydrogens is 555 g/mol. The lowest BCUT2D eigenvalue weighted by atomic mass is 9.94. The molecule has 5 rings (SSSR count). The molecule has 1 atom stereocenters. The number of nitrogens with zero attached hydrogens (tertiary/aromatic N) is 1. The van der Waals surface area contributed by atoms with E-state index in [1.54, 1.807) is 30.3 Å². The summed E-state index contributed by atoms with van der Waals surface area (Å²) < 4.78 is 58.9. The lowest BCUT2D eigenvalue weighted by Gasteiger charge is -2.27. The number of furan rings is 1. The van der Waals surface area contributed by atoms with Gasteiger partial charge in [0.25, 0.3) is 5.91 Å². The van der Waals surface area contributed by atoms with E-state index in [0.29, 0.717) is 21.7 Å². The predicted octanol–water partition coefficient (Wildman–Crippen LogP) is 6.78. The maximum atomic E-state index is 13.8. The van der Waals surface area contributed by atoms with Crippen LogP contribution in [-0.4, -0.2) is 37.4 Å². The quantitative estimate of drug-likeness (QED) is 0.243. The van der Waals surface area contributed by atoms with Gasteiger partial charge in [-0.1, -0.05) is 29.8 Å². The van der Waals surface area contributed by atoms with Crippen LogP contribution >= 0.6 is 11.6 Å². The van der Waals surface area contributed by atoms with Crippen molar-refractivity contribution in [2.24, 2.45) is 0 Å². The van der Waals surface area contributed by atoms with E-state index in [1.165, 1.54) is 38.5 Å². The molecule has 1 aliphatic rings. The fourth-order valence-electron chi connectivity index (χ4n) is 4.52. The number of benzene rings is 3. The summed E-state index contributed by atoms with van der Waals surface area (Å²) in [5.41, 5.74) is 0.177. The zero-order valence-electron chi connectivity index (χ0n) is 20.8. The van der Waals surface area contributed by atoms with Crippen molar-refractivity contribution in [2.45, 2.75) is 12.4 Å². The fourth-order valence-corrected chi connectivity index (χ4v) is 4.73. The van der Waals surface area contributed by atoms with E-state index >= 15 is 0 Å². The number of hydrogen-bond donors (Lipinski definition) is 1. The van der Waals surface area contributed by atoms with Crippen LogP contribution in [0.5, 0.6) is 17.2 Å². The van der Waals surface area contributed by atoms with Crippen molar-refractivity contribution in [1.29, 1.82) is 0 Å². The molecule has 1 unspecified atom stereocenters. The molecule has 0 bridgehead atoms. The van der Waals surface area contributed by atoms with Gasteiger partial charge in [0.15, 0.2) is 22.9 Å². The summed E-state index contributed by atoms with van der Waals surface area (Å²) in [5.74, 6) is -2.81. The Labute approximate surface area is 229 Å². The van der Waals surface area contributed by atoms with Crippen molar-refractivity contribution in [1.82, 2.24) is 0 Å². The van der Waals surface area contributed by atoms with E-state index in [1.807, 2.05) is 0 Å². The minimum Gasteiger partial charge on any atom is -0.503 e. The molecule has 206 valence electrons. The summed E-state index contributed by atoms with van der Waals surface area (Å²) in [6.07, 6.45) is -4.98. The molecule has 0 aliphatic carbocycles. The molecule has 8 nitrogen and oxygen atoms in total. The highest BCUT2D eigenvalue weighted by Gasteiger charge is 2.45. The van der Waals surface area contributed by atoms with E-state index in [9.17, 15) is 27.9 Å². The number of fused-ring (bicyclic) bond motifs is 1. The van der Waals surface area contributed by atoms with Gasteiger partial charge >= 0.3 is 6.36 Å². The number of carbonyl (C=O) groups is 2. The largest absolute Gasteiger partial charge is 0.573 e. The normalized spacial score (nSPS) is 15.6. The Morgan fingerprint density at radius 1 is 1.00 bits per heavy atom. The molecule has 0 fully saturated rings. The second-order valence-electron chi connectivity index (χ2n) is 8.62. The van der Waals surface area contributed by atoms with Crippen LogP contribution in [0.25, 0.3) is 11.0 Å². The number of halogens is 4. The average molecular weight is 574 g/mol. The van der Waals surface area contributed by atoms with Crippen molar-refractivity contribution in [3.8, 4) is 17.2 Å². The zero-order valence-corrected chi connectivity index (χ0v) is 21.5. The minimum atomic E-state index is -4.98. The van der Waals surface area contributed by atoms with Crippen molar-refractivity contribution < 1.29 is 46.5 Å². The summed E-state index contributed by atoms with van der Waals surface area (Å²) in [5, 5.41) is 11.7. The van der Waals surface area contributed by atoms with Gasteiger partial charge in [-0.25, -0.2) is 0 Å². The number of hydrogen-bond acceptors (Lipinski definition) is 7. The fraction of sp³-hybridized carbons (Fsp3) is 0.143. The Morgan fingerprint density at radius 2 is 1.73 bits per heavy atom. The zero-order chi connectivity index (χ0) is 28.8. The van der Waals surface area contributed by atoms with Crippen LogP contribution in [0.3, 0.4) is 0 Å². The maximum absolute atomic E-state index is 13.8. The van der Waals surface area contributed by atoms with Gasteiger partial charge in [-0.2, -0.15) is 0 Å². The standard InChI is InChI=1S/C28H19ClF3NO7/c1-37-18-8-6-14(7-9-18)23-22(24(34)20-11-15-10-16(29)12-21(38-2)26(15)39-20)25(35)27(36)33(23)17-4-3-5-19(13-17)40-28(30,31)32/h3-13,23,35H,1-2H3. The van der Waals surface area contributed by atoms with Crippen molar-refractivity contribution in [3.63, 3.8) is 0 Å². The molecule has 40 heavy (non-hydrogen) atoms. The van der Waals surface area contributed by atoms with Gasteiger partial charge in [0.2, 0.25) is 5.78 Å². The van der Waals surface area contributed by atoms with Crippen LogP contribution < -0.4 is 19.1 Å². The monoisotopic (exact) mass is 573 g/mol. The third kappa shape index (κ3) is 4.91. The van der Waals surface area contributed by atoms with Gasteiger partial charge in [-0.3, -0.25) is 14.5 Å². The van der Waals surface area contributed by atoms with Crippen LogP contribution in [0.2, 0.25) is 5.02 Å². The molecule has 0 saturated heterocycles. The summed E-state index contributed by atoms with van der Waals surface area (Å²) in [6, 6.07) is 14.1. The summed E-state index contributed by atoms with van der Waals surface area (Å²) in [7, 11) is 2.85. The van der Waals surface area contributed by atoms with E-state index in [2.05, 4.69) is 4.74 Å². The molecule has 1 N–H and O–H groups in total. The number of amides is 1. The van der Waals surface area contributed by atoms with Crippen molar-refractivity contribution in [3.05, 3.63) is 94.4 Å². The van der Waals surface area contributed by atoms with Crippen molar-refractivity contribution in [2.75, 3.05) is 19.1 Å². The molecule has 0 spiro atoms. The number of aliphatic hydroxyl groups excluding tert-OH is 1. The molecule has 1 amide bonds. The summed E-state index contributed by atoms with van der Waals surface area (Å²) in [6.45, 7) is 0. The number of methoxy groups -OCH3 is 2. The Kier molecular flexibility index (Phi) is 6.84. The number of anilines is 1. The van der Waals surface area contributed by atoms with E-state index < -0.39 is 35.6 Å². The highest BCUT2D eigenvalue weighted by molar-refractivity contribution is 6.31. The molecular formula is C28H19ClF3NO7. The Bertz CT molecular complexity index is 1660. The SMILES string of the molecule is COc1ccc(C2C(C(=O)c3cc4cc(Cl)cc(OC)c4o3)=C(O)C(=O)N2c2cccc(OC(F)(F)F)c2)cc1. The van der Waals surface area contributed by atoms with Gasteiger partial charge in [0.05, 0.1) is 25.8 Å². The van der Waals surface area contributed by atoms with Crippen LogP contribution in [0.15, 0.2) is 82.5 Å². The molecule has 12 heteroatoms. The molecule has 0 radical (unpaired) electrons. The third-order valence-corrected chi connectivity index (χ3v) is 6.42. The van der Waals surface area contributed by atoms with Crippen LogP contribution in [0, 0.1) is 0 Å². The maximum Gasteiger partial charge on any atom is 0.573 e. The first-order valence-electron chi connectivity index (χ1n) is 11.6. The molecule has 2 heterocycles. The smallest absolute Gasteiger partial charge is 0.503 e. The Hall–Kier alpha value is -4.64. The van der Waals surface area contributed by atoms with Gasteiger partial charge < -0.3 is 23.7 Å². The molecule has 1 aliphatic heterocycles. The van der Waals surface area contributed by atoms with Gasteiger partial charge in [0, 0.05) is 28.2 Å². The van der Waals surface area contributed by atoms with Crippen LogP contribution in [0.4, 0.5) is 18.9 Å². The number of rotatable bonds is 7. The van der Waals surface area contributed by atoms with Crippen LogP contribution in [0.1, 0.15) is 22.2 Å². The topological polar surface area (TPSA) is 98.4 Å². The first-order chi connectivity index (χ1) is 19.0. The number of aliphatic hydroxyl groups is 1. The second kappa shape index (κ2) is 10.2. The minimum absolute atomic E-state index is 0.0556. The van der Waals surface area contributed by atoms with Crippen LogP contribution in [-0.2, 0) is 4.79 Å². The Balaban J connectivity index is 1.64. The van der Waals surface area contributed by atoms with Gasteiger partial charge in [0.1, 0.15) is 11.5 Å². The van der Waals surface area contributed by atoms with E-state index in [0.717, 1.165) is 17.0 Å². The highest BCUT2D eigenvalue weighted by Crippen LogP contribution is 2.44. The molecule has 4 aromatic rings. The first kappa shape index (κ1) is 26.9. The summed E-state index contributed by atoms with van der Waals surface area (Å²) in [4.78, 5) is 28.2. The van der Waals surface area contributed by atoms with Crippen molar-refractivity contribution >= 4 is 39.9 Å². The average Bonchev–Trinajstić information content (AvgIpc) is 3.45.